The van der Waals surface area contributed by atoms with Gasteiger partial charge < -0.3 is 4.90 Å². The number of halogens is 2. The second-order valence-electron chi connectivity index (χ2n) is 5.49. The molecule has 0 spiro atoms. The Kier molecular flexibility index (Phi) is 4.44. The molecule has 1 fully saturated rings. The Morgan fingerprint density at radius 1 is 1.14 bits per heavy atom. The third-order valence-corrected chi connectivity index (χ3v) is 4.47. The highest BCUT2D eigenvalue weighted by Gasteiger charge is 2.37. The maximum atomic E-state index is 13.1. The summed E-state index contributed by atoms with van der Waals surface area (Å²) in [4.78, 5) is 14.2. The highest BCUT2D eigenvalue weighted by atomic mass is 35.5. The molecule has 4 heteroatoms. The average Bonchev–Trinajstić information content (AvgIpc) is 2.92. The lowest BCUT2D eigenvalue weighted by atomic mass is 10.0. The van der Waals surface area contributed by atoms with Crippen molar-refractivity contribution in [3.8, 4) is 0 Å². The molecule has 1 unspecified atom stereocenters. The van der Waals surface area contributed by atoms with E-state index >= 15 is 0 Å². The monoisotopic (exact) mass is 317 g/mol. The van der Waals surface area contributed by atoms with Crippen LogP contribution >= 0.6 is 11.6 Å². The van der Waals surface area contributed by atoms with E-state index in [1.54, 1.807) is 12.1 Å². The second-order valence-corrected chi connectivity index (χ2v) is 5.80. The van der Waals surface area contributed by atoms with E-state index in [9.17, 15) is 9.18 Å². The van der Waals surface area contributed by atoms with Gasteiger partial charge in [0.05, 0.1) is 12.1 Å². The standard InChI is InChI=1S/C18H17ClFNO/c19-12-17(13-4-2-1-3-5-13)21-16(10-11-18(21)22)14-6-8-15(20)9-7-14/h1-9,16-17H,10-12H2/t16-,17?/m0/s1. The molecule has 1 aliphatic heterocycles. The molecule has 2 nitrogen and oxygen atoms in total. The van der Waals surface area contributed by atoms with Gasteiger partial charge in [0.25, 0.3) is 0 Å². The molecule has 1 heterocycles. The first kappa shape index (κ1) is 15.0. The van der Waals surface area contributed by atoms with Crippen molar-refractivity contribution in [2.24, 2.45) is 0 Å². The van der Waals surface area contributed by atoms with Gasteiger partial charge >= 0.3 is 0 Å². The molecular weight excluding hydrogens is 301 g/mol. The molecule has 0 aromatic heterocycles. The lowest BCUT2D eigenvalue weighted by Crippen LogP contribution is -2.33. The number of amides is 1. The van der Waals surface area contributed by atoms with Gasteiger partial charge in [-0.05, 0) is 29.7 Å². The third kappa shape index (κ3) is 2.86. The van der Waals surface area contributed by atoms with E-state index in [1.807, 2.05) is 35.2 Å². The summed E-state index contributed by atoms with van der Waals surface area (Å²) in [5, 5.41) is 0. The Bertz CT molecular complexity index is 644. The van der Waals surface area contributed by atoms with Gasteiger partial charge in [-0.25, -0.2) is 4.39 Å². The Morgan fingerprint density at radius 2 is 1.82 bits per heavy atom. The number of likely N-dealkylation sites (tertiary alicyclic amines) is 1. The predicted octanol–water partition coefficient (Wildman–Crippen LogP) is 4.47. The average molecular weight is 318 g/mol. The van der Waals surface area contributed by atoms with Crippen LogP contribution in [-0.4, -0.2) is 16.7 Å². The second kappa shape index (κ2) is 6.49. The quantitative estimate of drug-likeness (QED) is 0.762. The molecule has 1 saturated heterocycles. The number of hydrogen-bond donors (Lipinski definition) is 0. The van der Waals surface area contributed by atoms with Gasteiger partial charge in [-0.2, -0.15) is 0 Å². The van der Waals surface area contributed by atoms with Crippen LogP contribution in [0.4, 0.5) is 4.39 Å². The fourth-order valence-electron chi connectivity index (χ4n) is 3.10. The molecular formula is C18H17ClFNO. The number of carbonyl (C=O) groups is 1. The van der Waals surface area contributed by atoms with Crippen molar-refractivity contribution < 1.29 is 9.18 Å². The van der Waals surface area contributed by atoms with Gasteiger partial charge in [0.2, 0.25) is 5.91 Å². The molecule has 2 aromatic carbocycles. The van der Waals surface area contributed by atoms with Gasteiger partial charge in [-0.1, -0.05) is 42.5 Å². The number of nitrogens with zero attached hydrogens (tertiary/aromatic N) is 1. The van der Waals surface area contributed by atoms with Crippen molar-refractivity contribution in [1.29, 1.82) is 0 Å². The van der Waals surface area contributed by atoms with E-state index in [0.29, 0.717) is 12.3 Å². The summed E-state index contributed by atoms with van der Waals surface area (Å²) >= 11 is 6.17. The molecule has 114 valence electrons. The number of rotatable bonds is 4. The summed E-state index contributed by atoms with van der Waals surface area (Å²) in [7, 11) is 0. The fourth-order valence-corrected chi connectivity index (χ4v) is 3.43. The van der Waals surface area contributed by atoms with Crippen LogP contribution in [0.15, 0.2) is 54.6 Å². The van der Waals surface area contributed by atoms with Crippen molar-refractivity contribution in [3.63, 3.8) is 0 Å². The maximum Gasteiger partial charge on any atom is 0.223 e. The van der Waals surface area contributed by atoms with Crippen LogP contribution in [0.1, 0.15) is 36.1 Å². The van der Waals surface area contributed by atoms with Crippen molar-refractivity contribution in [1.82, 2.24) is 4.90 Å². The van der Waals surface area contributed by atoms with Gasteiger partial charge in [-0.15, -0.1) is 11.6 Å². The number of hydrogen-bond acceptors (Lipinski definition) is 1. The maximum absolute atomic E-state index is 13.1. The zero-order valence-electron chi connectivity index (χ0n) is 12.1. The molecule has 0 aliphatic carbocycles. The molecule has 2 aromatic rings. The van der Waals surface area contributed by atoms with Crippen molar-refractivity contribution in [2.75, 3.05) is 5.88 Å². The van der Waals surface area contributed by atoms with Crippen LogP contribution in [0, 0.1) is 5.82 Å². The first-order chi connectivity index (χ1) is 10.7. The Balaban J connectivity index is 1.94. The smallest absolute Gasteiger partial charge is 0.223 e. The highest BCUT2D eigenvalue weighted by molar-refractivity contribution is 6.18. The summed E-state index contributed by atoms with van der Waals surface area (Å²) < 4.78 is 13.1. The normalized spacial score (nSPS) is 19.5. The SMILES string of the molecule is O=C1CC[C@@H](c2ccc(F)cc2)N1C(CCl)c1ccccc1. The van der Waals surface area contributed by atoms with E-state index in [1.165, 1.54) is 12.1 Å². The van der Waals surface area contributed by atoms with E-state index in [-0.39, 0.29) is 23.8 Å². The van der Waals surface area contributed by atoms with Crippen molar-refractivity contribution in [3.05, 3.63) is 71.5 Å². The zero-order valence-corrected chi connectivity index (χ0v) is 12.8. The molecule has 22 heavy (non-hydrogen) atoms. The topological polar surface area (TPSA) is 20.3 Å². The van der Waals surface area contributed by atoms with E-state index in [0.717, 1.165) is 17.5 Å². The van der Waals surface area contributed by atoms with Crippen LogP contribution in [0.25, 0.3) is 0 Å². The number of carbonyl (C=O) groups excluding carboxylic acids is 1. The first-order valence-corrected chi connectivity index (χ1v) is 7.91. The summed E-state index contributed by atoms with van der Waals surface area (Å²) in [5.74, 6) is 0.174. The predicted molar refractivity (Wildman–Crippen MR) is 85.1 cm³/mol. The Morgan fingerprint density at radius 3 is 2.45 bits per heavy atom. The Hall–Kier alpha value is -1.87. The highest BCUT2D eigenvalue weighted by Crippen LogP contribution is 2.39. The van der Waals surface area contributed by atoms with Gasteiger partial charge in [0, 0.05) is 12.3 Å². The Labute approximate surface area is 134 Å². The summed E-state index contributed by atoms with van der Waals surface area (Å²) in [6, 6.07) is 16.0. The lowest BCUT2D eigenvalue weighted by molar-refractivity contribution is -0.131. The fraction of sp³-hybridized carbons (Fsp3) is 0.278. The molecule has 3 rings (SSSR count). The molecule has 0 radical (unpaired) electrons. The first-order valence-electron chi connectivity index (χ1n) is 7.38. The molecule has 0 saturated carbocycles. The third-order valence-electron chi connectivity index (χ3n) is 4.18. The number of benzene rings is 2. The minimum atomic E-state index is -0.267. The van der Waals surface area contributed by atoms with Gasteiger partial charge in [0.15, 0.2) is 0 Å². The van der Waals surface area contributed by atoms with Crippen molar-refractivity contribution in [2.45, 2.75) is 24.9 Å². The van der Waals surface area contributed by atoms with Crippen LogP contribution < -0.4 is 0 Å². The van der Waals surface area contributed by atoms with Crippen molar-refractivity contribution >= 4 is 17.5 Å². The summed E-state index contributed by atoms with van der Waals surface area (Å²) in [6.07, 6.45) is 1.24. The largest absolute Gasteiger partial charge is 0.327 e. The van der Waals surface area contributed by atoms with Crippen LogP contribution in [-0.2, 0) is 4.79 Å². The summed E-state index contributed by atoms with van der Waals surface area (Å²) in [6.45, 7) is 0. The number of alkyl halides is 1. The summed E-state index contributed by atoms with van der Waals surface area (Å²) in [5.41, 5.74) is 1.98. The molecule has 0 N–H and O–H groups in total. The lowest BCUT2D eigenvalue weighted by Gasteiger charge is -2.33. The molecule has 1 amide bonds. The minimum Gasteiger partial charge on any atom is -0.327 e. The zero-order chi connectivity index (χ0) is 15.5. The van der Waals surface area contributed by atoms with E-state index < -0.39 is 0 Å². The molecule has 0 bridgehead atoms. The van der Waals surface area contributed by atoms with E-state index in [2.05, 4.69) is 0 Å². The minimum absolute atomic E-state index is 0.0444. The molecule has 2 atom stereocenters. The van der Waals surface area contributed by atoms with E-state index in [4.69, 9.17) is 11.6 Å². The van der Waals surface area contributed by atoms with Gasteiger partial charge in [0.1, 0.15) is 5.82 Å². The molecule has 1 aliphatic rings. The van der Waals surface area contributed by atoms with Crippen LogP contribution in [0.3, 0.4) is 0 Å². The van der Waals surface area contributed by atoms with Crippen LogP contribution in [0.5, 0.6) is 0 Å². The van der Waals surface area contributed by atoms with Gasteiger partial charge in [-0.3, -0.25) is 4.79 Å². The van der Waals surface area contributed by atoms with Crippen LogP contribution in [0.2, 0.25) is 0 Å².